The monoisotopic (exact) mass is 567 g/mol. The zero-order valence-electron chi connectivity index (χ0n) is 24.0. The number of nitrogens with one attached hydrogen (secondary N) is 1. The summed E-state index contributed by atoms with van der Waals surface area (Å²) in [5, 5.41) is 2.66. The van der Waals surface area contributed by atoms with Gasteiger partial charge in [0.15, 0.2) is 0 Å². The largest absolute Gasteiger partial charge is 0.460 e. The third kappa shape index (κ3) is 10.5. The van der Waals surface area contributed by atoms with Crippen LogP contribution in [0.3, 0.4) is 0 Å². The first-order chi connectivity index (χ1) is 19.5. The summed E-state index contributed by atoms with van der Waals surface area (Å²) in [6.07, 6.45) is 1.15. The van der Waals surface area contributed by atoms with Crippen LogP contribution in [0.5, 0.6) is 0 Å². The number of benzene rings is 2. The Labute approximate surface area is 241 Å². The first-order valence-corrected chi connectivity index (χ1v) is 14.0. The number of hydrogen-bond donors (Lipinski definition) is 2. The number of rotatable bonds is 12. The molecule has 1 aliphatic rings. The summed E-state index contributed by atoms with van der Waals surface area (Å²) >= 11 is 0. The fraction of sp³-hybridized carbons (Fsp3) is 0.484. The van der Waals surface area contributed by atoms with Crippen LogP contribution in [-0.2, 0) is 41.8 Å². The Morgan fingerprint density at radius 1 is 0.927 bits per heavy atom. The molecule has 0 saturated carbocycles. The molecule has 0 aromatic heterocycles. The fourth-order valence-corrected chi connectivity index (χ4v) is 4.50. The molecule has 10 heteroatoms. The Balaban J connectivity index is 1.59. The van der Waals surface area contributed by atoms with Gasteiger partial charge in [-0.3, -0.25) is 9.59 Å². The van der Waals surface area contributed by atoms with Crippen LogP contribution in [0.25, 0.3) is 0 Å². The maximum atomic E-state index is 13.6. The van der Waals surface area contributed by atoms with E-state index in [-0.39, 0.29) is 26.1 Å². The molecule has 3 rings (SSSR count). The quantitative estimate of drug-likeness (QED) is 0.291. The molecule has 1 saturated heterocycles. The number of esters is 2. The number of amides is 2. The van der Waals surface area contributed by atoms with Crippen molar-refractivity contribution in [3.63, 3.8) is 0 Å². The Bertz CT molecular complexity index is 1150. The zero-order chi connectivity index (χ0) is 29.8. The molecule has 41 heavy (non-hydrogen) atoms. The van der Waals surface area contributed by atoms with Crippen molar-refractivity contribution in [2.24, 2.45) is 5.73 Å². The normalized spacial score (nSPS) is 16.4. The molecule has 2 aromatic rings. The highest BCUT2D eigenvalue weighted by molar-refractivity contribution is 5.90. The van der Waals surface area contributed by atoms with Gasteiger partial charge in [-0.25, -0.2) is 9.59 Å². The van der Waals surface area contributed by atoms with Gasteiger partial charge in [0.2, 0.25) is 5.91 Å². The molecule has 10 nitrogen and oxygen atoms in total. The summed E-state index contributed by atoms with van der Waals surface area (Å²) in [7, 11) is 0. The minimum Gasteiger partial charge on any atom is -0.460 e. The van der Waals surface area contributed by atoms with E-state index in [1.54, 1.807) is 20.8 Å². The van der Waals surface area contributed by atoms with Gasteiger partial charge in [0.25, 0.3) is 0 Å². The van der Waals surface area contributed by atoms with Crippen molar-refractivity contribution < 1.29 is 33.4 Å². The third-order valence-corrected chi connectivity index (χ3v) is 6.56. The number of nitrogens with two attached hydrogens (primary N) is 1. The summed E-state index contributed by atoms with van der Waals surface area (Å²) < 4.78 is 16.2. The smallest absolute Gasteiger partial charge is 0.408 e. The lowest BCUT2D eigenvalue weighted by molar-refractivity contribution is -0.155. The lowest BCUT2D eigenvalue weighted by Gasteiger charge is -2.29. The first-order valence-electron chi connectivity index (χ1n) is 14.0. The van der Waals surface area contributed by atoms with E-state index in [4.69, 9.17) is 19.9 Å². The van der Waals surface area contributed by atoms with Gasteiger partial charge in [-0.15, -0.1) is 0 Å². The van der Waals surface area contributed by atoms with Gasteiger partial charge in [0.05, 0.1) is 0 Å². The molecule has 0 bridgehead atoms. The summed E-state index contributed by atoms with van der Waals surface area (Å²) in [4.78, 5) is 53.0. The molecule has 222 valence electrons. The highest BCUT2D eigenvalue weighted by atomic mass is 16.6. The molecule has 0 aliphatic carbocycles. The van der Waals surface area contributed by atoms with Crippen molar-refractivity contribution in [1.82, 2.24) is 10.2 Å². The van der Waals surface area contributed by atoms with Crippen molar-refractivity contribution in [3.8, 4) is 0 Å². The molecular formula is C31H41N3O7. The van der Waals surface area contributed by atoms with E-state index in [1.807, 2.05) is 60.7 Å². The average molecular weight is 568 g/mol. The van der Waals surface area contributed by atoms with Gasteiger partial charge < -0.3 is 30.2 Å². The van der Waals surface area contributed by atoms with Gasteiger partial charge in [-0.1, -0.05) is 60.7 Å². The molecule has 1 fully saturated rings. The second-order valence-electron chi connectivity index (χ2n) is 11.1. The van der Waals surface area contributed by atoms with Crippen LogP contribution in [-0.4, -0.2) is 59.1 Å². The van der Waals surface area contributed by atoms with E-state index in [0.29, 0.717) is 25.8 Å². The fourth-order valence-electron chi connectivity index (χ4n) is 4.50. The van der Waals surface area contributed by atoms with Crippen molar-refractivity contribution in [3.05, 3.63) is 71.8 Å². The summed E-state index contributed by atoms with van der Waals surface area (Å²) in [6.45, 7) is 5.76. The van der Waals surface area contributed by atoms with Crippen LogP contribution in [0.15, 0.2) is 60.7 Å². The van der Waals surface area contributed by atoms with Crippen molar-refractivity contribution in [2.45, 2.75) is 89.8 Å². The van der Waals surface area contributed by atoms with Crippen LogP contribution in [0.4, 0.5) is 4.79 Å². The Morgan fingerprint density at radius 2 is 1.51 bits per heavy atom. The number of nitrogens with zero attached hydrogens (tertiary/aromatic N) is 1. The van der Waals surface area contributed by atoms with E-state index in [2.05, 4.69) is 5.32 Å². The molecule has 0 radical (unpaired) electrons. The second-order valence-corrected chi connectivity index (χ2v) is 11.1. The third-order valence-electron chi connectivity index (χ3n) is 6.56. The second kappa shape index (κ2) is 15.2. The maximum Gasteiger partial charge on any atom is 0.408 e. The number of ether oxygens (including phenoxy) is 3. The van der Waals surface area contributed by atoms with Crippen LogP contribution in [0, 0.1) is 0 Å². The summed E-state index contributed by atoms with van der Waals surface area (Å²) in [5.41, 5.74) is 6.98. The van der Waals surface area contributed by atoms with Gasteiger partial charge in [-0.2, -0.15) is 0 Å². The van der Waals surface area contributed by atoms with E-state index < -0.39 is 47.7 Å². The number of carbonyl (C=O) groups is 4. The zero-order valence-corrected chi connectivity index (χ0v) is 24.0. The van der Waals surface area contributed by atoms with E-state index in [9.17, 15) is 19.2 Å². The topological polar surface area (TPSA) is 137 Å². The molecule has 1 heterocycles. The lowest BCUT2D eigenvalue weighted by atomic mass is 10.0. The molecular weight excluding hydrogens is 526 g/mol. The molecule has 3 N–H and O–H groups in total. The average Bonchev–Trinajstić information content (AvgIpc) is 3.44. The van der Waals surface area contributed by atoms with Gasteiger partial charge in [0.1, 0.15) is 36.9 Å². The highest BCUT2D eigenvalue weighted by Crippen LogP contribution is 2.22. The highest BCUT2D eigenvalue weighted by Gasteiger charge is 2.39. The van der Waals surface area contributed by atoms with Crippen molar-refractivity contribution in [1.29, 1.82) is 0 Å². The summed E-state index contributed by atoms with van der Waals surface area (Å²) in [5.74, 6) is -1.44. The number of carbonyl (C=O) groups excluding carboxylic acids is 4. The predicted molar refractivity (Wildman–Crippen MR) is 152 cm³/mol. The standard InChI is InChI=1S/C31H41N3O7/c1-31(2,3)41-30(38)33-25(17-10-16-24(32)28(36)39-20-22-12-6-4-7-13-22)27(35)34-19-11-18-26(34)29(37)40-21-23-14-8-5-9-15-23/h4-9,12-15,24-26H,10-11,16-21,32H2,1-3H3,(H,33,38)/t24?,25-,26-/m0/s1. The maximum absolute atomic E-state index is 13.6. The van der Waals surface area contributed by atoms with Crippen LogP contribution in [0.2, 0.25) is 0 Å². The lowest BCUT2D eigenvalue weighted by Crippen LogP contribution is -2.52. The molecule has 2 aromatic carbocycles. The van der Waals surface area contributed by atoms with Crippen LogP contribution < -0.4 is 11.1 Å². The number of alkyl carbamates (subject to hydrolysis) is 1. The number of likely N-dealkylation sites (tertiary alicyclic amines) is 1. The molecule has 3 atom stereocenters. The van der Waals surface area contributed by atoms with Crippen molar-refractivity contribution >= 4 is 23.9 Å². The van der Waals surface area contributed by atoms with E-state index in [0.717, 1.165) is 11.1 Å². The first kappa shape index (κ1) is 31.6. The molecule has 0 spiro atoms. The molecule has 1 aliphatic heterocycles. The van der Waals surface area contributed by atoms with Gasteiger partial charge in [-0.05, 0) is 64.0 Å². The Morgan fingerprint density at radius 3 is 2.10 bits per heavy atom. The van der Waals surface area contributed by atoms with Gasteiger partial charge in [0, 0.05) is 6.54 Å². The van der Waals surface area contributed by atoms with Crippen molar-refractivity contribution in [2.75, 3.05) is 6.54 Å². The molecule has 2 amide bonds. The minimum absolute atomic E-state index is 0.107. The van der Waals surface area contributed by atoms with E-state index >= 15 is 0 Å². The van der Waals surface area contributed by atoms with Gasteiger partial charge >= 0.3 is 18.0 Å². The Hall–Kier alpha value is -3.92. The van der Waals surface area contributed by atoms with Crippen LogP contribution in [0.1, 0.15) is 64.0 Å². The Kier molecular flexibility index (Phi) is 11.7. The minimum atomic E-state index is -0.972. The molecule has 1 unspecified atom stereocenters. The predicted octanol–water partition coefficient (Wildman–Crippen LogP) is 3.86. The van der Waals surface area contributed by atoms with Crippen LogP contribution >= 0.6 is 0 Å². The summed E-state index contributed by atoms with van der Waals surface area (Å²) in [6, 6.07) is 16.0. The SMILES string of the molecule is CC(C)(C)OC(=O)N[C@@H](CCCC(N)C(=O)OCc1ccccc1)C(=O)N1CCC[C@H]1C(=O)OCc1ccccc1. The van der Waals surface area contributed by atoms with E-state index in [1.165, 1.54) is 4.90 Å². The number of hydrogen-bond acceptors (Lipinski definition) is 8.